The van der Waals surface area contributed by atoms with E-state index < -0.39 is 5.60 Å². The smallest absolute Gasteiger partial charge is 0.261 e. The summed E-state index contributed by atoms with van der Waals surface area (Å²) in [6.07, 6.45) is 4.81. The molecule has 2 rings (SSSR count). The van der Waals surface area contributed by atoms with Crippen LogP contribution < -0.4 is 11.1 Å². The normalized spacial score (nSPS) is 18.6. The summed E-state index contributed by atoms with van der Waals surface area (Å²) in [5.74, 6) is -0.140. The third-order valence-corrected chi connectivity index (χ3v) is 4.61. The van der Waals surface area contributed by atoms with Gasteiger partial charge in [-0.2, -0.15) is 0 Å². The number of carbonyl (C=O) groups excluding carboxylic acids is 1. The standard InChI is InChI=1S/C13H20N2O2S/c1-9-10(14)7-11(18-9)12(16)15-8-13(17)5-3-2-4-6-13/h7,17H,2-6,8,14H2,1H3,(H,15,16). The summed E-state index contributed by atoms with van der Waals surface area (Å²) in [6, 6.07) is 1.69. The molecule has 0 aromatic carbocycles. The second-order valence-corrected chi connectivity index (χ2v) is 6.35. The van der Waals surface area contributed by atoms with Gasteiger partial charge in [-0.25, -0.2) is 0 Å². The molecule has 0 unspecified atom stereocenters. The van der Waals surface area contributed by atoms with Crippen molar-refractivity contribution in [1.29, 1.82) is 0 Å². The van der Waals surface area contributed by atoms with Gasteiger partial charge in [0.2, 0.25) is 0 Å². The maximum atomic E-state index is 11.9. The molecule has 1 fully saturated rings. The van der Waals surface area contributed by atoms with E-state index in [1.807, 2.05) is 6.92 Å². The Labute approximate surface area is 111 Å². The zero-order chi connectivity index (χ0) is 13.2. The molecule has 0 saturated heterocycles. The Bertz CT molecular complexity index is 417. The first kappa shape index (κ1) is 13.4. The average molecular weight is 268 g/mol. The van der Waals surface area contributed by atoms with E-state index in [0.717, 1.165) is 30.6 Å². The minimum Gasteiger partial charge on any atom is -0.398 e. The summed E-state index contributed by atoms with van der Waals surface area (Å²) < 4.78 is 0. The molecule has 0 atom stereocenters. The Morgan fingerprint density at radius 2 is 2.17 bits per heavy atom. The first-order chi connectivity index (χ1) is 8.50. The van der Waals surface area contributed by atoms with Crippen LogP contribution in [0.3, 0.4) is 0 Å². The van der Waals surface area contributed by atoms with E-state index in [0.29, 0.717) is 17.1 Å². The minimum atomic E-state index is -0.717. The molecule has 1 heterocycles. The van der Waals surface area contributed by atoms with Gasteiger partial charge >= 0.3 is 0 Å². The van der Waals surface area contributed by atoms with Gasteiger partial charge in [0.15, 0.2) is 0 Å². The molecule has 0 radical (unpaired) electrons. The number of amides is 1. The van der Waals surface area contributed by atoms with Gasteiger partial charge in [-0.1, -0.05) is 19.3 Å². The van der Waals surface area contributed by atoms with Crippen molar-refractivity contribution in [3.05, 3.63) is 15.8 Å². The Morgan fingerprint density at radius 3 is 2.72 bits per heavy atom. The lowest BCUT2D eigenvalue weighted by molar-refractivity contribution is 0.00529. The van der Waals surface area contributed by atoms with Crippen LogP contribution >= 0.6 is 11.3 Å². The number of hydrogen-bond acceptors (Lipinski definition) is 4. The molecule has 100 valence electrons. The molecular weight excluding hydrogens is 248 g/mol. The maximum absolute atomic E-state index is 11.9. The summed E-state index contributed by atoms with van der Waals surface area (Å²) in [6.45, 7) is 2.23. The van der Waals surface area contributed by atoms with E-state index in [-0.39, 0.29) is 5.91 Å². The molecule has 1 aromatic rings. The van der Waals surface area contributed by atoms with Crippen molar-refractivity contribution in [2.75, 3.05) is 12.3 Å². The van der Waals surface area contributed by atoms with Crippen molar-refractivity contribution in [2.45, 2.75) is 44.6 Å². The summed E-state index contributed by atoms with van der Waals surface area (Å²) in [7, 11) is 0. The Hall–Kier alpha value is -1.07. The fraction of sp³-hybridized carbons (Fsp3) is 0.615. The van der Waals surface area contributed by atoms with Crippen molar-refractivity contribution in [1.82, 2.24) is 5.32 Å². The predicted molar refractivity (Wildman–Crippen MR) is 73.8 cm³/mol. The highest BCUT2D eigenvalue weighted by Crippen LogP contribution is 2.28. The van der Waals surface area contributed by atoms with E-state index in [2.05, 4.69) is 5.32 Å². The van der Waals surface area contributed by atoms with Crippen LogP contribution in [0.1, 0.15) is 46.7 Å². The van der Waals surface area contributed by atoms with Crippen molar-refractivity contribution in [3.63, 3.8) is 0 Å². The summed E-state index contributed by atoms with van der Waals surface area (Å²) >= 11 is 1.39. The lowest BCUT2D eigenvalue weighted by Gasteiger charge is -2.32. The summed E-state index contributed by atoms with van der Waals surface area (Å²) in [4.78, 5) is 13.5. The van der Waals surface area contributed by atoms with Gasteiger partial charge in [0.05, 0.1) is 10.5 Å². The molecule has 1 saturated carbocycles. The van der Waals surface area contributed by atoms with Crippen LogP contribution in [0.5, 0.6) is 0 Å². The second-order valence-electron chi connectivity index (χ2n) is 5.09. The molecule has 4 N–H and O–H groups in total. The molecule has 4 nitrogen and oxygen atoms in total. The number of rotatable bonds is 3. The maximum Gasteiger partial charge on any atom is 0.261 e. The molecule has 18 heavy (non-hydrogen) atoms. The number of nitrogen functional groups attached to an aromatic ring is 1. The topological polar surface area (TPSA) is 75.3 Å². The van der Waals surface area contributed by atoms with Gasteiger partial charge in [0.1, 0.15) is 0 Å². The van der Waals surface area contributed by atoms with E-state index in [9.17, 15) is 9.90 Å². The first-order valence-electron chi connectivity index (χ1n) is 6.37. The molecule has 0 bridgehead atoms. The zero-order valence-electron chi connectivity index (χ0n) is 10.7. The monoisotopic (exact) mass is 268 g/mol. The van der Waals surface area contributed by atoms with Gasteiger partial charge in [0.25, 0.3) is 5.91 Å². The van der Waals surface area contributed by atoms with Crippen molar-refractivity contribution < 1.29 is 9.90 Å². The number of carbonyl (C=O) groups is 1. The highest BCUT2D eigenvalue weighted by molar-refractivity contribution is 7.14. The Kier molecular flexibility index (Phi) is 3.92. The number of aliphatic hydroxyl groups is 1. The predicted octanol–water partition coefficient (Wildman–Crippen LogP) is 2.06. The molecule has 1 aliphatic carbocycles. The third kappa shape index (κ3) is 3.03. The first-order valence-corrected chi connectivity index (χ1v) is 7.18. The van der Waals surface area contributed by atoms with Crippen LogP contribution in [0.25, 0.3) is 0 Å². The van der Waals surface area contributed by atoms with Crippen LogP contribution in [-0.2, 0) is 0 Å². The Balaban J connectivity index is 1.91. The number of hydrogen-bond donors (Lipinski definition) is 3. The molecule has 1 amide bonds. The van der Waals surface area contributed by atoms with Gasteiger partial charge < -0.3 is 16.2 Å². The fourth-order valence-electron chi connectivity index (χ4n) is 2.33. The number of nitrogens with one attached hydrogen (secondary N) is 1. The summed E-state index contributed by atoms with van der Waals surface area (Å²) in [5, 5.41) is 13.1. The molecule has 0 spiro atoms. The van der Waals surface area contributed by atoms with Gasteiger partial charge in [0, 0.05) is 17.1 Å². The lowest BCUT2D eigenvalue weighted by atomic mass is 9.85. The third-order valence-electron chi connectivity index (χ3n) is 3.54. The highest BCUT2D eigenvalue weighted by atomic mass is 32.1. The van der Waals surface area contributed by atoms with Crippen LogP contribution in [0.15, 0.2) is 6.07 Å². The van der Waals surface area contributed by atoms with Crippen LogP contribution in [0.2, 0.25) is 0 Å². The van der Waals surface area contributed by atoms with Crippen molar-refractivity contribution >= 4 is 22.9 Å². The van der Waals surface area contributed by atoms with Gasteiger partial charge in [-0.05, 0) is 25.8 Å². The van der Waals surface area contributed by atoms with E-state index >= 15 is 0 Å². The SMILES string of the molecule is Cc1sc(C(=O)NCC2(O)CCCCC2)cc1N. The minimum absolute atomic E-state index is 0.140. The molecule has 1 aromatic heterocycles. The van der Waals surface area contributed by atoms with Crippen LogP contribution in [0.4, 0.5) is 5.69 Å². The fourth-order valence-corrected chi connectivity index (χ4v) is 3.18. The number of aryl methyl sites for hydroxylation is 1. The second kappa shape index (κ2) is 5.28. The van der Waals surface area contributed by atoms with E-state index in [4.69, 9.17) is 5.73 Å². The highest BCUT2D eigenvalue weighted by Gasteiger charge is 2.29. The average Bonchev–Trinajstić information content (AvgIpc) is 2.68. The van der Waals surface area contributed by atoms with Crippen molar-refractivity contribution in [2.24, 2.45) is 0 Å². The van der Waals surface area contributed by atoms with E-state index in [1.165, 1.54) is 17.8 Å². The van der Waals surface area contributed by atoms with Gasteiger partial charge in [-0.3, -0.25) is 4.79 Å². The van der Waals surface area contributed by atoms with Crippen LogP contribution in [-0.4, -0.2) is 23.2 Å². The lowest BCUT2D eigenvalue weighted by Crippen LogP contribution is -2.44. The largest absolute Gasteiger partial charge is 0.398 e. The molecule has 0 aliphatic heterocycles. The Morgan fingerprint density at radius 1 is 1.50 bits per heavy atom. The number of anilines is 1. The quantitative estimate of drug-likeness (QED) is 0.785. The number of nitrogens with two attached hydrogens (primary N) is 1. The van der Waals surface area contributed by atoms with Crippen LogP contribution in [0, 0.1) is 6.92 Å². The summed E-state index contributed by atoms with van der Waals surface area (Å²) in [5.41, 5.74) is 5.66. The van der Waals surface area contributed by atoms with E-state index in [1.54, 1.807) is 6.07 Å². The molecule has 5 heteroatoms. The molecular formula is C13H20N2O2S. The zero-order valence-corrected chi connectivity index (χ0v) is 11.5. The molecule has 1 aliphatic rings. The van der Waals surface area contributed by atoms with Crippen molar-refractivity contribution in [3.8, 4) is 0 Å². The number of thiophene rings is 1. The van der Waals surface area contributed by atoms with Gasteiger partial charge in [-0.15, -0.1) is 11.3 Å².